The van der Waals surface area contributed by atoms with E-state index in [1.807, 2.05) is 53.9 Å². The summed E-state index contributed by atoms with van der Waals surface area (Å²) in [6.07, 6.45) is 3.78. The van der Waals surface area contributed by atoms with Crippen LogP contribution >= 0.6 is 45.3 Å². The predicted octanol–water partition coefficient (Wildman–Crippen LogP) is 7.04. The van der Waals surface area contributed by atoms with E-state index in [-0.39, 0.29) is 0 Å². The normalized spacial score (nSPS) is 9.43. The Balaban J connectivity index is 0.000000187. The third-order valence-electron chi connectivity index (χ3n) is 2.94. The van der Waals surface area contributed by atoms with Gasteiger partial charge in [0.2, 0.25) is 0 Å². The quantitative estimate of drug-likeness (QED) is 0.287. The van der Waals surface area contributed by atoms with Crippen LogP contribution in [0.1, 0.15) is 41.2 Å². The van der Waals surface area contributed by atoms with Crippen molar-refractivity contribution >= 4 is 45.3 Å². The molecule has 0 aliphatic rings. The van der Waals surface area contributed by atoms with Gasteiger partial charge in [-0.05, 0) is 55.4 Å². The van der Waals surface area contributed by atoms with Gasteiger partial charge in [-0.25, -0.2) is 19.9 Å². The topological polar surface area (TPSA) is 51.6 Å². The van der Waals surface area contributed by atoms with Gasteiger partial charge in [0, 0.05) is 44.3 Å². The van der Waals surface area contributed by atoms with Gasteiger partial charge in [-0.1, -0.05) is 0 Å². The van der Waals surface area contributed by atoms with E-state index in [9.17, 15) is 0 Å². The van der Waals surface area contributed by atoms with Crippen molar-refractivity contribution in [3.8, 4) is 0 Å². The average Bonchev–Trinajstić information content (AvgIpc) is 3.37. The van der Waals surface area contributed by atoms with E-state index in [1.165, 1.54) is 9.75 Å². The van der Waals surface area contributed by atoms with E-state index in [4.69, 9.17) is 0 Å². The zero-order valence-electron chi connectivity index (χ0n) is 17.7. The number of hydrogen-bond acceptors (Lipinski definition) is 8. The average molecular weight is 453 g/mol. The van der Waals surface area contributed by atoms with Crippen LogP contribution in [0.4, 0.5) is 0 Å². The number of nitrogens with zero attached hydrogens (tertiary/aromatic N) is 4. The molecule has 8 heteroatoms. The summed E-state index contributed by atoms with van der Waals surface area (Å²) < 4.78 is 0. The highest BCUT2D eigenvalue weighted by molar-refractivity contribution is 7.11. The molecular formula is C20H28N4S4. The van der Waals surface area contributed by atoms with Gasteiger partial charge in [-0.3, -0.25) is 0 Å². The first-order chi connectivity index (χ1) is 13.2. The Morgan fingerprint density at radius 3 is 0.964 bits per heavy atom. The zero-order chi connectivity index (χ0) is 21.1. The number of thiazole rings is 4. The highest BCUT2D eigenvalue weighted by atomic mass is 32.1. The Kier molecular flexibility index (Phi) is 11.3. The molecule has 4 aromatic rings. The lowest BCUT2D eigenvalue weighted by Gasteiger charge is -1.71. The van der Waals surface area contributed by atoms with Crippen molar-refractivity contribution in [3.05, 3.63) is 64.3 Å². The Hall–Kier alpha value is -1.48. The van der Waals surface area contributed by atoms with Crippen molar-refractivity contribution < 1.29 is 0 Å². The number of hydrogen-bond donors (Lipinski definition) is 0. The summed E-state index contributed by atoms with van der Waals surface area (Å²) in [5, 5.41) is 8.70. The zero-order valence-corrected chi connectivity index (χ0v) is 21.0. The molecule has 4 aromatic heterocycles. The molecule has 0 saturated carbocycles. The molecule has 0 unspecified atom stereocenters. The Labute approximate surface area is 184 Å². The third-order valence-corrected chi connectivity index (χ3v) is 6.38. The van der Waals surface area contributed by atoms with Crippen LogP contribution in [0, 0.1) is 55.4 Å². The fourth-order valence-corrected chi connectivity index (χ4v) is 4.41. The fourth-order valence-electron chi connectivity index (χ4n) is 1.88. The van der Waals surface area contributed by atoms with Gasteiger partial charge in [0.05, 0.1) is 20.0 Å². The standard InChI is InChI=1S/4C5H7NS/c2*1-4-3-7-5(2)6-4;2*1-4-3-6-5(2)7-4/h4*3H,1-2H3. The SMILES string of the molecule is Cc1cnc(C)s1.Cc1cnc(C)s1.Cc1csc(C)n1.Cc1csc(C)n1. The van der Waals surface area contributed by atoms with Crippen molar-refractivity contribution in [1.82, 2.24) is 19.9 Å². The molecule has 0 aliphatic carbocycles. The Morgan fingerprint density at radius 1 is 0.536 bits per heavy atom. The Bertz CT molecular complexity index is 714. The molecule has 28 heavy (non-hydrogen) atoms. The highest BCUT2D eigenvalue weighted by Gasteiger charge is 1.88. The first-order valence-electron chi connectivity index (χ1n) is 8.71. The number of aryl methyl sites for hydroxylation is 8. The van der Waals surface area contributed by atoms with Crippen molar-refractivity contribution in [3.63, 3.8) is 0 Å². The Morgan fingerprint density at radius 2 is 0.893 bits per heavy atom. The van der Waals surface area contributed by atoms with E-state index in [1.54, 1.807) is 45.3 Å². The van der Waals surface area contributed by atoms with Crippen LogP contribution < -0.4 is 0 Å². The second-order valence-electron chi connectivity index (χ2n) is 6.00. The minimum atomic E-state index is 1.13. The molecule has 0 amide bonds. The number of rotatable bonds is 0. The van der Waals surface area contributed by atoms with Crippen LogP contribution in [0.3, 0.4) is 0 Å². The molecule has 0 saturated heterocycles. The van der Waals surface area contributed by atoms with Gasteiger partial charge in [0.15, 0.2) is 0 Å². The predicted molar refractivity (Wildman–Crippen MR) is 126 cm³/mol. The lowest BCUT2D eigenvalue weighted by molar-refractivity contribution is 1.20. The van der Waals surface area contributed by atoms with Crippen molar-refractivity contribution in [2.24, 2.45) is 0 Å². The summed E-state index contributed by atoms with van der Waals surface area (Å²) in [5.41, 5.74) is 2.25. The molecular weight excluding hydrogens is 425 g/mol. The van der Waals surface area contributed by atoms with Gasteiger partial charge in [-0.15, -0.1) is 45.3 Å². The molecule has 0 aliphatic heterocycles. The maximum atomic E-state index is 4.13. The first kappa shape index (κ1) is 24.6. The minimum absolute atomic E-state index is 1.13. The molecule has 0 atom stereocenters. The lowest BCUT2D eigenvalue weighted by atomic mass is 10.6. The molecule has 0 spiro atoms. The summed E-state index contributed by atoms with van der Waals surface area (Å²) >= 11 is 6.85. The van der Waals surface area contributed by atoms with Crippen LogP contribution in [0.25, 0.3) is 0 Å². The van der Waals surface area contributed by atoms with Crippen LogP contribution in [0.2, 0.25) is 0 Å². The second kappa shape index (κ2) is 12.9. The molecule has 0 fully saturated rings. The number of aromatic nitrogens is 4. The van der Waals surface area contributed by atoms with Crippen LogP contribution in [-0.2, 0) is 0 Å². The van der Waals surface area contributed by atoms with Crippen LogP contribution in [-0.4, -0.2) is 19.9 Å². The monoisotopic (exact) mass is 452 g/mol. The minimum Gasteiger partial charge on any atom is -0.250 e. The van der Waals surface area contributed by atoms with Crippen molar-refractivity contribution in [1.29, 1.82) is 0 Å². The van der Waals surface area contributed by atoms with E-state index >= 15 is 0 Å². The largest absolute Gasteiger partial charge is 0.250 e. The lowest BCUT2D eigenvalue weighted by Crippen LogP contribution is -1.67. The summed E-state index contributed by atoms with van der Waals surface area (Å²) in [4.78, 5) is 18.9. The molecule has 0 bridgehead atoms. The summed E-state index contributed by atoms with van der Waals surface area (Å²) in [7, 11) is 0. The summed E-state index contributed by atoms with van der Waals surface area (Å²) in [6.45, 7) is 16.2. The van der Waals surface area contributed by atoms with Gasteiger partial charge in [0.25, 0.3) is 0 Å². The van der Waals surface area contributed by atoms with E-state index < -0.39 is 0 Å². The molecule has 0 aromatic carbocycles. The summed E-state index contributed by atoms with van der Waals surface area (Å²) in [5.74, 6) is 0. The summed E-state index contributed by atoms with van der Waals surface area (Å²) in [6, 6.07) is 0. The highest BCUT2D eigenvalue weighted by Crippen LogP contribution is 2.08. The van der Waals surface area contributed by atoms with Crippen LogP contribution in [0.15, 0.2) is 23.2 Å². The van der Waals surface area contributed by atoms with Crippen LogP contribution in [0.5, 0.6) is 0 Å². The fraction of sp³-hybridized carbons (Fsp3) is 0.400. The van der Waals surface area contributed by atoms with E-state index in [0.717, 1.165) is 31.4 Å². The molecule has 0 radical (unpaired) electrons. The van der Waals surface area contributed by atoms with Gasteiger partial charge in [0.1, 0.15) is 0 Å². The molecule has 0 N–H and O–H groups in total. The molecule has 4 rings (SSSR count). The maximum Gasteiger partial charge on any atom is 0.0897 e. The molecule has 152 valence electrons. The van der Waals surface area contributed by atoms with E-state index in [0.29, 0.717) is 0 Å². The third kappa shape index (κ3) is 11.4. The van der Waals surface area contributed by atoms with Gasteiger partial charge < -0.3 is 0 Å². The van der Waals surface area contributed by atoms with E-state index in [2.05, 4.69) is 44.5 Å². The first-order valence-corrected chi connectivity index (χ1v) is 12.1. The van der Waals surface area contributed by atoms with Gasteiger partial charge in [-0.2, -0.15) is 0 Å². The van der Waals surface area contributed by atoms with Crippen molar-refractivity contribution in [2.45, 2.75) is 55.4 Å². The second-order valence-corrected chi connectivity index (χ2v) is 11.0. The van der Waals surface area contributed by atoms with Gasteiger partial charge >= 0.3 is 0 Å². The van der Waals surface area contributed by atoms with Crippen molar-refractivity contribution in [2.75, 3.05) is 0 Å². The maximum absolute atomic E-state index is 4.13. The molecule has 4 nitrogen and oxygen atoms in total. The smallest absolute Gasteiger partial charge is 0.0897 e. The molecule has 4 heterocycles.